The first-order chi connectivity index (χ1) is 8.60. The van der Waals surface area contributed by atoms with Crippen LogP contribution in [0.2, 0.25) is 10.0 Å². The molecule has 0 aliphatic carbocycles. The van der Waals surface area contributed by atoms with E-state index in [-0.39, 0.29) is 5.54 Å². The zero-order valence-electron chi connectivity index (χ0n) is 11.0. The summed E-state index contributed by atoms with van der Waals surface area (Å²) in [4.78, 5) is 2.39. The second kappa shape index (κ2) is 5.68. The van der Waals surface area contributed by atoms with Crippen molar-refractivity contribution >= 4 is 28.9 Å². The predicted molar refractivity (Wildman–Crippen MR) is 80.0 cm³/mol. The van der Waals surface area contributed by atoms with Crippen LogP contribution in [0.15, 0.2) is 18.2 Å². The third kappa shape index (κ3) is 2.76. The summed E-state index contributed by atoms with van der Waals surface area (Å²) in [5, 5.41) is 4.91. The van der Waals surface area contributed by atoms with Gasteiger partial charge in [0.2, 0.25) is 0 Å². The van der Waals surface area contributed by atoms with Crippen molar-refractivity contribution in [2.24, 2.45) is 0 Å². The number of hydrogen-bond donors (Lipinski definition) is 1. The van der Waals surface area contributed by atoms with Gasteiger partial charge in [-0.1, -0.05) is 37.0 Å². The maximum Gasteiger partial charge on any atom is 0.0612 e. The fourth-order valence-electron chi connectivity index (χ4n) is 2.58. The topological polar surface area (TPSA) is 15.3 Å². The SMILES string of the molecule is CCC1(CC)CN(c2ccc(Cl)c(Cl)c2)CCN1. The van der Waals surface area contributed by atoms with Crippen molar-refractivity contribution in [2.75, 3.05) is 24.5 Å². The molecule has 100 valence electrons. The highest BCUT2D eigenvalue weighted by Gasteiger charge is 2.31. The van der Waals surface area contributed by atoms with Crippen molar-refractivity contribution in [3.63, 3.8) is 0 Å². The number of nitrogens with zero attached hydrogens (tertiary/aromatic N) is 1. The van der Waals surface area contributed by atoms with E-state index < -0.39 is 0 Å². The van der Waals surface area contributed by atoms with Gasteiger partial charge in [-0.05, 0) is 31.0 Å². The number of piperazine rings is 1. The lowest BCUT2D eigenvalue weighted by Gasteiger charge is -2.44. The van der Waals surface area contributed by atoms with E-state index in [1.807, 2.05) is 12.1 Å². The highest BCUT2D eigenvalue weighted by molar-refractivity contribution is 6.42. The molecule has 0 bridgehead atoms. The van der Waals surface area contributed by atoms with Gasteiger partial charge in [-0.2, -0.15) is 0 Å². The summed E-state index contributed by atoms with van der Waals surface area (Å²) in [6.07, 6.45) is 2.28. The molecule has 1 aliphatic heterocycles. The zero-order valence-corrected chi connectivity index (χ0v) is 12.5. The molecule has 1 aliphatic rings. The van der Waals surface area contributed by atoms with Crippen molar-refractivity contribution in [3.05, 3.63) is 28.2 Å². The third-order valence-electron chi connectivity index (χ3n) is 4.00. The summed E-state index contributed by atoms with van der Waals surface area (Å²) in [6, 6.07) is 5.89. The largest absolute Gasteiger partial charge is 0.368 e. The lowest BCUT2D eigenvalue weighted by Crippen LogP contribution is -2.60. The Morgan fingerprint density at radius 1 is 1.22 bits per heavy atom. The Balaban J connectivity index is 2.20. The maximum absolute atomic E-state index is 6.10. The maximum atomic E-state index is 6.10. The molecular weight excluding hydrogens is 267 g/mol. The van der Waals surface area contributed by atoms with E-state index in [0.29, 0.717) is 10.0 Å². The van der Waals surface area contributed by atoms with Crippen molar-refractivity contribution < 1.29 is 0 Å². The van der Waals surface area contributed by atoms with Gasteiger partial charge in [0.25, 0.3) is 0 Å². The van der Waals surface area contributed by atoms with Crippen LogP contribution in [-0.4, -0.2) is 25.2 Å². The van der Waals surface area contributed by atoms with Gasteiger partial charge in [0, 0.05) is 30.9 Å². The summed E-state index contributed by atoms with van der Waals surface area (Å²) in [5.41, 5.74) is 1.39. The van der Waals surface area contributed by atoms with Crippen LogP contribution >= 0.6 is 23.2 Å². The molecule has 1 N–H and O–H groups in total. The molecule has 0 radical (unpaired) electrons. The van der Waals surface area contributed by atoms with Crippen LogP contribution in [0.4, 0.5) is 5.69 Å². The molecule has 0 amide bonds. The van der Waals surface area contributed by atoms with Gasteiger partial charge in [0.1, 0.15) is 0 Å². The Kier molecular flexibility index (Phi) is 4.41. The molecule has 0 spiro atoms. The quantitative estimate of drug-likeness (QED) is 0.905. The lowest BCUT2D eigenvalue weighted by atomic mass is 9.90. The minimum Gasteiger partial charge on any atom is -0.368 e. The van der Waals surface area contributed by atoms with Gasteiger partial charge in [0.15, 0.2) is 0 Å². The average molecular weight is 287 g/mol. The predicted octanol–water partition coefficient (Wildman–Crippen LogP) is 3.96. The monoisotopic (exact) mass is 286 g/mol. The van der Waals surface area contributed by atoms with Crippen LogP contribution in [0.3, 0.4) is 0 Å². The summed E-state index contributed by atoms with van der Waals surface area (Å²) >= 11 is 12.1. The summed E-state index contributed by atoms with van der Waals surface area (Å²) in [7, 11) is 0. The molecule has 18 heavy (non-hydrogen) atoms. The van der Waals surface area contributed by atoms with E-state index in [0.717, 1.165) is 38.2 Å². The van der Waals surface area contributed by atoms with Gasteiger partial charge in [0.05, 0.1) is 10.0 Å². The summed E-state index contributed by atoms with van der Waals surface area (Å²) < 4.78 is 0. The third-order valence-corrected chi connectivity index (χ3v) is 4.74. The van der Waals surface area contributed by atoms with E-state index in [1.54, 1.807) is 0 Å². The molecule has 1 aromatic rings. The molecule has 0 aromatic heterocycles. The van der Waals surface area contributed by atoms with Gasteiger partial charge in [-0.3, -0.25) is 0 Å². The van der Waals surface area contributed by atoms with E-state index >= 15 is 0 Å². The van der Waals surface area contributed by atoms with Gasteiger partial charge >= 0.3 is 0 Å². The number of halogens is 2. The standard InChI is InChI=1S/C14H20Cl2N2/c1-3-14(4-2)10-18(8-7-17-14)11-5-6-12(15)13(16)9-11/h5-6,9,17H,3-4,7-8,10H2,1-2H3. The molecule has 0 saturated carbocycles. The van der Waals surface area contributed by atoms with E-state index in [4.69, 9.17) is 23.2 Å². The number of nitrogens with one attached hydrogen (secondary N) is 1. The van der Waals surface area contributed by atoms with Crippen LogP contribution in [0.5, 0.6) is 0 Å². The Bertz CT molecular complexity index is 416. The number of hydrogen-bond acceptors (Lipinski definition) is 2. The first kappa shape index (κ1) is 14.0. The summed E-state index contributed by atoms with van der Waals surface area (Å²) in [6.45, 7) is 7.54. The Labute approximate surface area is 119 Å². The van der Waals surface area contributed by atoms with Crippen molar-refractivity contribution in [1.29, 1.82) is 0 Å². The highest BCUT2D eigenvalue weighted by atomic mass is 35.5. The number of benzene rings is 1. The molecule has 2 rings (SSSR count). The van der Waals surface area contributed by atoms with Crippen molar-refractivity contribution in [1.82, 2.24) is 5.32 Å². The molecule has 4 heteroatoms. The number of anilines is 1. The normalized spacial score (nSPS) is 19.0. The van der Waals surface area contributed by atoms with Crippen molar-refractivity contribution in [3.8, 4) is 0 Å². The van der Waals surface area contributed by atoms with Crippen LogP contribution in [0.25, 0.3) is 0 Å². The Morgan fingerprint density at radius 3 is 2.56 bits per heavy atom. The minimum atomic E-state index is 0.227. The fourth-order valence-corrected chi connectivity index (χ4v) is 2.87. The molecule has 1 fully saturated rings. The Morgan fingerprint density at radius 2 is 1.94 bits per heavy atom. The molecule has 1 saturated heterocycles. The zero-order chi connectivity index (χ0) is 13.2. The van der Waals surface area contributed by atoms with Crippen LogP contribution in [0.1, 0.15) is 26.7 Å². The van der Waals surface area contributed by atoms with E-state index in [9.17, 15) is 0 Å². The molecular formula is C14H20Cl2N2. The Hall–Kier alpha value is -0.440. The van der Waals surface area contributed by atoms with E-state index in [1.165, 1.54) is 0 Å². The minimum absolute atomic E-state index is 0.227. The highest BCUT2D eigenvalue weighted by Crippen LogP contribution is 2.30. The first-order valence-corrected chi connectivity index (χ1v) is 7.31. The van der Waals surface area contributed by atoms with Gasteiger partial charge in [-0.15, -0.1) is 0 Å². The van der Waals surface area contributed by atoms with Crippen LogP contribution in [-0.2, 0) is 0 Å². The summed E-state index contributed by atoms with van der Waals surface area (Å²) in [5.74, 6) is 0. The van der Waals surface area contributed by atoms with Gasteiger partial charge < -0.3 is 10.2 Å². The lowest BCUT2D eigenvalue weighted by molar-refractivity contribution is 0.277. The van der Waals surface area contributed by atoms with Crippen molar-refractivity contribution in [2.45, 2.75) is 32.2 Å². The average Bonchev–Trinajstić information content (AvgIpc) is 2.42. The van der Waals surface area contributed by atoms with E-state index in [2.05, 4.69) is 30.1 Å². The van der Waals surface area contributed by atoms with Crippen LogP contribution < -0.4 is 10.2 Å². The number of rotatable bonds is 3. The van der Waals surface area contributed by atoms with Gasteiger partial charge in [-0.25, -0.2) is 0 Å². The van der Waals surface area contributed by atoms with Crippen LogP contribution in [0, 0.1) is 0 Å². The smallest absolute Gasteiger partial charge is 0.0612 e. The second-order valence-corrected chi connectivity index (χ2v) is 5.75. The molecule has 1 aromatic carbocycles. The molecule has 0 atom stereocenters. The fraction of sp³-hybridized carbons (Fsp3) is 0.571. The molecule has 0 unspecified atom stereocenters. The second-order valence-electron chi connectivity index (χ2n) is 4.93. The first-order valence-electron chi connectivity index (χ1n) is 6.55. The molecule has 1 heterocycles. The molecule has 2 nitrogen and oxygen atoms in total.